The highest BCUT2D eigenvalue weighted by Gasteiger charge is 2.05. The van der Waals surface area contributed by atoms with E-state index in [-0.39, 0.29) is 11.8 Å². The van der Waals surface area contributed by atoms with Crippen LogP contribution in [-0.4, -0.2) is 16.8 Å². The molecule has 1 aromatic heterocycles. The van der Waals surface area contributed by atoms with E-state index in [4.69, 9.17) is 0 Å². The van der Waals surface area contributed by atoms with E-state index < -0.39 is 0 Å². The molecule has 0 bridgehead atoms. The number of amides is 2. The van der Waals surface area contributed by atoms with Crippen LogP contribution in [0.5, 0.6) is 0 Å². The molecule has 1 aromatic carbocycles. The molecule has 2 aromatic rings. The van der Waals surface area contributed by atoms with Gasteiger partial charge in [-0.3, -0.25) is 14.6 Å². The molecule has 0 spiro atoms. The number of carbonyl (C=O) groups excluding carboxylic acids is 2. The Morgan fingerprint density at radius 1 is 1.00 bits per heavy atom. The molecule has 2 amide bonds. The summed E-state index contributed by atoms with van der Waals surface area (Å²) in [6.07, 6.45) is 3.11. The van der Waals surface area contributed by atoms with Crippen molar-refractivity contribution in [3.63, 3.8) is 0 Å². The lowest BCUT2D eigenvalue weighted by Gasteiger charge is -2.06. The molecule has 19 heavy (non-hydrogen) atoms. The molecule has 5 heteroatoms. The normalized spacial score (nSPS) is 9.74. The monoisotopic (exact) mass is 255 g/mol. The van der Waals surface area contributed by atoms with Crippen LogP contribution in [0.4, 0.5) is 11.4 Å². The molecule has 0 fully saturated rings. The summed E-state index contributed by atoms with van der Waals surface area (Å²) >= 11 is 0. The van der Waals surface area contributed by atoms with E-state index in [9.17, 15) is 9.59 Å². The van der Waals surface area contributed by atoms with Gasteiger partial charge in [0.15, 0.2) is 0 Å². The van der Waals surface area contributed by atoms with Crippen LogP contribution in [0.25, 0.3) is 0 Å². The van der Waals surface area contributed by atoms with Crippen molar-refractivity contribution in [3.8, 4) is 0 Å². The van der Waals surface area contributed by atoms with Crippen molar-refractivity contribution >= 4 is 23.2 Å². The molecule has 96 valence electrons. The van der Waals surface area contributed by atoms with Crippen LogP contribution in [-0.2, 0) is 4.79 Å². The van der Waals surface area contributed by atoms with Gasteiger partial charge in [-0.1, -0.05) is 0 Å². The Morgan fingerprint density at radius 2 is 1.63 bits per heavy atom. The zero-order chi connectivity index (χ0) is 13.7. The first-order valence-corrected chi connectivity index (χ1v) is 5.74. The fourth-order valence-corrected chi connectivity index (χ4v) is 1.54. The summed E-state index contributed by atoms with van der Waals surface area (Å²) in [5.41, 5.74) is 1.84. The molecule has 0 saturated carbocycles. The van der Waals surface area contributed by atoms with Crippen LogP contribution in [0.1, 0.15) is 17.3 Å². The van der Waals surface area contributed by atoms with Gasteiger partial charge in [0.05, 0.1) is 5.56 Å². The molecular formula is C14H13N3O2. The second-order valence-corrected chi connectivity index (χ2v) is 3.95. The first-order chi connectivity index (χ1) is 9.15. The Bertz CT molecular complexity index is 579. The number of pyridine rings is 1. The van der Waals surface area contributed by atoms with Crippen LogP contribution in [0.3, 0.4) is 0 Å². The average molecular weight is 255 g/mol. The summed E-state index contributed by atoms with van der Waals surface area (Å²) in [5, 5.41) is 5.40. The molecule has 2 rings (SSSR count). The van der Waals surface area contributed by atoms with Gasteiger partial charge in [0.2, 0.25) is 5.91 Å². The predicted molar refractivity (Wildman–Crippen MR) is 72.9 cm³/mol. The lowest BCUT2D eigenvalue weighted by atomic mass is 10.2. The Hall–Kier alpha value is -2.69. The maximum absolute atomic E-state index is 11.9. The van der Waals surface area contributed by atoms with Crippen molar-refractivity contribution in [2.24, 2.45) is 0 Å². The minimum Gasteiger partial charge on any atom is -0.326 e. The second kappa shape index (κ2) is 5.77. The van der Waals surface area contributed by atoms with Crippen LogP contribution < -0.4 is 10.6 Å². The summed E-state index contributed by atoms with van der Waals surface area (Å²) < 4.78 is 0. The number of aromatic nitrogens is 1. The fourth-order valence-electron chi connectivity index (χ4n) is 1.54. The smallest absolute Gasteiger partial charge is 0.257 e. The third-order valence-corrected chi connectivity index (χ3v) is 2.39. The molecular weight excluding hydrogens is 242 g/mol. The Kier molecular flexibility index (Phi) is 3.87. The number of carbonyl (C=O) groups is 2. The van der Waals surface area contributed by atoms with Gasteiger partial charge < -0.3 is 10.6 Å². The van der Waals surface area contributed by atoms with Gasteiger partial charge in [-0.25, -0.2) is 0 Å². The summed E-state index contributed by atoms with van der Waals surface area (Å²) in [7, 11) is 0. The van der Waals surface area contributed by atoms with Gasteiger partial charge in [0.1, 0.15) is 0 Å². The molecule has 0 unspecified atom stereocenters. The van der Waals surface area contributed by atoms with Gasteiger partial charge in [-0.15, -0.1) is 0 Å². The zero-order valence-corrected chi connectivity index (χ0v) is 10.4. The summed E-state index contributed by atoms with van der Waals surface area (Å²) in [5.74, 6) is -0.354. The maximum atomic E-state index is 11.9. The second-order valence-electron chi connectivity index (χ2n) is 3.95. The number of anilines is 2. The summed E-state index contributed by atoms with van der Waals surface area (Å²) in [4.78, 5) is 26.6. The molecule has 5 nitrogen and oxygen atoms in total. The highest BCUT2D eigenvalue weighted by Crippen LogP contribution is 2.14. The third-order valence-electron chi connectivity index (χ3n) is 2.39. The van der Waals surface area contributed by atoms with Gasteiger partial charge in [-0.05, 0) is 36.4 Å². The van der Waals surface area contributed by atoms with E-state index in [1.165, 1.54) is 13.1 Å². The third kappa shape index (κ3) is 3.64. The highest BCUT2D eigenvalue weighted by molar-refractivity contribution is 6.04. The average Bonchev–Trinajstić information content (AvgIpc) is 2.41. The van der Waals surface area contributed by atoms with E-state index in [0.29, 0.717) is 16.9 Å². The number of nitrogens with one attached hydrogen (secondary N) is 2. The number of hydrogen-bond acceptors (Lipinski definition) is 3. The Labute approximate surface area is 110 Å². The largest absolute Gasteiger partial charge is 0.326 e. The number of rotatable bonds is 3. The molecule has 0 aliphatic rings. The van der Waals surface area contributed by atoms with Crippen molar-refractivity contribution < 1.29 is 9.59 Å². The van der Waals surface area contributed by atoms with E-state index in [0.717, 1.165) is 0 Å². The summed E-state index contributed by atoms with van der Waals surface area (Å²) in [6.45, 7) is 1.44. The van der Waals surface area contributed by atoms with Crippen LogP contribution in [0.2, 0.25) is 0 Å². The van der Waals surface area contributed by atoms with Crippen LogP contribution in [0.15, 0.2) is 48.8 Å². The molecule has 0 radical (unpaired) electrons. The molecule has 0 aliphatic heterocycles. The molecule has 0 atom stereocenters. The molecule has 0 aliphatic carbocycles. The fraction of sp³-hybridized carbons (Fsp3) is 0.0714. The van der Waals surface area contributed by atoms with Gasteiger partial charge in [0.25, 0.3) is 5.91 Å². The first kappa shape index (κ1) is 12.8. The minimum atomic E-state index is -0.222. The zero-order valence-electron chi connectivity index (χ0n) is 10.4. The van der Waals surface area contributed by atoms with Crippen molar-refractivity contribution in [1.29, 1.82) is 0 Å². The Balaban J connectivity index is 2.04. The predicted octanol–water partition coefficient (Wildman–Crippen LogP) is 2.29. The summed E-state index contributed by atoms with van der Waals surface area (Å²) in [6, 6.07) is 10.3. The quantitative estimate of drug-likeness (QED) is 0.884. The lowest BCUT2D eigenvalue weighted by Crippen LogP contribution is -2.12. The van der Waals surface area contributed by atoms with E-state index in [1.54, 1.807) is 42.6 Å². The highest BCUT2D eigenvalue weighted by atomic mass is 16.2. The first-order valence-electron chi connectivity index (χ1n) is 5.74. The molecule has 1 heterocycles. The molecule has 0 saturated heterocycles. The van der Waals surface area contributed by atoms with Crippen molar-refractivity contribution in [2.75, 3.05) is 10.6 Å². The van der Waals surface area contributed by atoms with Crippen LogP contribution in [0, 0.1) is 0 Å². The van der Waals surface area contributed by atoms with Gasteiger partial charge in [0, 0.05) is 30.7 Å². The molecule has 2 N–H and O–H groups in total. The minimum absolute atomic E-state index is 0.132. The lowest BCUT2D eigenvalue weighted by molar-refractivity contribution is -0.114. The van der Waals surface area contributed by atoms with Crippen molar-refractivity contribution in [3.05, 3.63) is 54.4 Å². The number of benzene rings is 1. The van der Waals surface area contributed by atoms with Gasteiger partial charge in [-0.2, -0.15) is 0 Å². The van der Waals surface area contributed by atoms with E-state index >= 15 is 0 Å². The van der Waals surface area contributed by atoms with Gasteiger partial charge >= 0.3 is 0 Å². The standard InChI is InChI=1S/C14H13N3O2/c1-10(18)16-12-4-6-13(7-5-12)17-14(19)11-3-2-8-15-9-11/h2-9H,1H3,(H,16,18)(H,17,19). The van der Waals surface area contributed by atoms with Crippen LogP contribution >= 0.6 is 0 Å². The van der Waals surface area contributed by atoms with Crippen molar-refractivity contribution in [1.82, 2.24) is 4.98 Å². The SMILES string of the molecule is CC(=O)Nc1ccc(NC(=O)c2cccnc2)cc1. The number of hydrogen-bond donors (Lipinski definition) is 2. The maximum Gasteiger partial charge on any atom is 0.257 e. The van der Waals surface area contributed by atoms with Crippen molar-refractivity contribution in [2.45, 2.75) is 6.92 Å². The number of nitrogens with zero attached hydrogens (tertiary/aromatic N) is 1. The Morgan fingerprint density at radius 3 is 2.16 bits per heavy atom. The topological polar surface area (TPSA) is 71.1 Å². The van der Waals surface area contributed by atoms with E-state index in [2.05, 4.69) is 15.6 Å². The van der Waals surface area contributed by atoms with E-state index in [1.807, 2.05) is 0 Å².